The van der Waals surface area contributed by atoms with Crippen molar-refractivity contribution in [3.05, 3.63) is 29.6 Å². The fourth-order valence-electron chi connectivity index (χ4n) is 2.30. The number of anilines is 1. The van der Waals surface area contributed by atoms with Crippen molar-refractivity contribution in [3.8, 4) is 5.82 Å². The topological polar surface area (TPSA) is 94.0 Å². The number of rotatable bonds is 6. The Morgan fingerprint density at radius 1 is 1.33 bits per heavy atom. The zero-order valence-electron chi connectivity index (χ0n) is 15.1. The molecular formula is C16H19F3N4O3S. The number of Topliss-reactive ketones (excluding diaryl/α,β-unsaturated/α-hetero) is 1. The number of ketones is 1. The van der Waals surface area contributed by atoms with Crippen LogP contribution < -0.4 is 5.32 Å². The molecule has 2 aromatic heterocycles. The first-order chi connectivity index (χ1) is 12.4. The van der Waals surface area contributed by atoms with Crippen molar-refractivity contribution >= 4 is 21.4 Å². The van der Waals surface area contributed by atoms with Crippen molar-refractivity contribution in [1.82, 2.24) is 14.8 Å². The Bertz CT molecular complexity index is 951. The van der Waals surface area contributed by atoms with Crippen molar-refractivity contribution < 1.29 is 26.4 Å². The molecule has 0 aliphatic rings. The summed E-state index contributed by atoms with van der Waals surface area (Å²) in [6.07, 6.45) is -2.24. The number of nitrogens with zero attached hydrogens (tertiary/aromatic N) is 3. The first kappa shape index (κ1) is 20.9. The Morgan fingerprint density at radius 3 is 2.37 bits per heavy atom. The number of pyridine rings is 1. The van der Waals surface area contributed by atoms with Gasteiger partial charge in [-0.3, -0.25) is 4.79 Å². The van der Waals surface area contributed by atoms with Gasteiger partial charge in [-0.2, -0.15) is 23.0 Å². The highest BCUT2D eigenvalue weighted by molar-refractivity contribution is 7.90. The molecule has 0 aliphatic carbocycles. The molecule has 11 heteroatoms. The highest BCUT2D eigenvalue weighted by Crippen LogP contribution is 2.36. The summed E-state index contributed by atoms with van der Waals surface area (Å²) in [5.74, 6) is -0.984. The summed E-state index contributed by atoms with van der Waals surface area (Å²) < 4.78 is 64.2. The van der Waals surface area contributed by atoms with Gasteiger partial charge < -0.3 is 5.32 Å². The maximum atomic E-state index is 13.4. The molecule has 1 N–H and O–H groups in total. The number of halogens is 3. The number of aromatic nitrogens is 3. The van der Waals surface area contributed by atoms with E-state index >= 15 is 0 Å². The molecule has 1 atom stereocenters. The number of sulfone groups is 1. The van der Waals surface area contributed by atoms with Crippen LogP contribution in [0.2, 0.25) is 0 Å². The van der Waals surface area contributed by atoms with E-state index in [-0.39, 0.29) is 22.6 Å². The molecule has 7 nitrogen and oxygen atoms in total. The van der Waals surface area contributed by atoms with Crippen LogP contribution in [-0.2, 0) is 16.0 Å². The van der Waals surface area contributed by atoms with Crippen LogP contribution in [0.1, 0.15) is 43.2 Å². The number of hydrogen-bond acceptors (Lipinski definition) is 6. The number of nitrogens with one attached hydrogen (secondary N) is 1. The Balaban J connectivity index is 2.72. The van der Waals surface area contributed by atoms with E-state index in [0.29, 0.717) is 6.42 Å². The normalized spacial score (nSPS) is 13.4. The molecule has 0 aliphatic heterocycles. The van der Waals surface area contributed by atoms with Gasteiger partial charge in [-0.05, 0) is 32.4 Å². The zero-order valence-corrected chi connectivity index (χ0v) is 15.9. The van der Waals surface area contributed by atoms with Crippen LogP contribution in [-0.4, -0.2) is 41.3 Å². The van der Waals surface area contributed by atoms with Crippen molar-refractivity contribution in [2.75, 3.05) is 11.6 Å². The first-order valence-electron chi connectivity index (χ1n) is 8.00. The largest absolute Gasteiger partial charge is 0.435 e. The molecule has 1 unspecified atom stereocenters. The zero-order chi connectivity index (χ0) is 20.6. The van der Waals surface area contributed by atoms with Gasteiger partial charge in [0.2, 0.25) is 0 Å². The van der Waals surface area contributed by atoms with Crippen molar-refractivity contribution in [3.63, 3.8) is 0 Å². The summed E-state index contributed by atoms with van der Waals surface area (Å²) in [4.78, 5) is 15.8. The predicted molar refractivity (Wildman–Crippen MR) is 92.9 cm³/mol. The van der Waals surface area contributed by atoms with E-state index in [1.807, 2.05) is 6.92 Å². The maximum Gasteiger partial charge on any atom is 0.435 e. The highest BCUT2D eigenvalue weighted by atomic mass is 32.2. The van der Waals surface area contributed by atoms with Gasteiger partial charge in [0.1, 0.15) is 5.82 Å². The van der Waals surface area contributed by atoms with Gasteiger partial charge in [-0.15, -0.1) is 0 Å². The molecule has 27 heavy (non-hydrogen) atoms. The molecular weight excluding hydrogens is 385 g/mol. The molecule has 0 aromatic carbocycles. The van der Waals surface area contributed by atoms with Gasteiger partial charge in [-0.25, -0.2) is 13.4 Å². The molecule has 2 aromatic rings. The van der Waals surface area contributed by atoms with Gasteiger partial charge >= 0.3 is 6.18 Å². The summed E-state index contributed by atoms with van der Waals surface area (Å²) in [6.45, 7) is 4.60. The third-order valence-electron chi connectivity index (χ3n) is 3.87. The minimum absolute atomic E-state index is 0.0498. The molecule has 0 amide bonds. The summed E-state index contributed by atoms with van der Waals surface area (Å²) in [6, 6.07) is 2.21. The highest BCUT2D eigenvalue weighted by Gasteiger charge is 2.41. The van der Waals surface area contributed by atoms with Crippen molar-refractivity contribution in [2.45, 2.75) is 44.3 Å². The van der Waals surface area contributed by atoms with E-state index < -0.39 is 33.1 Å². The maximum absolute atomic E-state index is 13.4. The predicted octanol–water partition coefficient (Wildman–Crippen LogP) is 3.10. The smallest absolute Gasteiger partial charge is 0.367 e. The second kappa shape index (κ2) is 7.29. The quantitative estimate of drug-likeness (QED) is 0.744. The van der Waals surface area contributed by atoms with Crippen LogP contribution >= 0.6 is 0 Å². The van der Waals surface area contributed by atoms with Crippen LogP contribution in [0, 0.1) is 0 Å². The van der Waals surface area contributed by atoms with Crippen LogP contribution in [0.4, 0.5) is 19.0 Å². The number of carbonyl (C=O) groups is 1. The lowest BCUT2D eigenvalue weighted by Gasteiger charge is -2.15. The van der Waals surface area contributed by atoms with Crippen molar-refractivity contribution in [1.29, 1.82) is 0 Å². The molecule has 0 bridgehead atoms. The molecule has 148 valence electrons. The van der Waals surface area contributed by atoms with Crippen LogP contribution in [0.5, 0.6) is 0 Å². The standard InChI is InChI=1S/C16H19F3N4O3S/c1-5-9(2)21-15-13(10(3)24)14(16(17,18)19)22-23(15)12-7-6-11(8-20-12)27(4,25)26/h6-9,21H,5H2,1-4H3. The van der Waals surface area contributed by atoms with E-state index in [9.17, 15) is 26.4 Å². The fourth-order valence-corrected chi connectivity index (χ4v) is 2.86. The number of hydrogen-bond donors (Lipinski definition) is 1. The van der Waals surface area contributed by atoms with Gasteiger partial charge in [0, 0.05) is 18.5 Å². The van der Waals surface area contributed by atoms with Gasteiger partial charge in [0.15, 0.2) is 27.1 Å². The van der Waals surface area contributed by atoms with Gasteiger partial charge in [0.25, 0.3) is 0 Å². The lowest BCUT2D eigenvalue weighted by Crippen LogP contribution is -2.19. The van der Waals surface area contributed by atoms with Gasteiger partial charge in [0.05, 0.1) is 10.5 Å². The average molecular weight is 404 g/mol. The Hall–Kier alpha value is -2.43. The summed E-state index contributed by atoms with van der Waals surface area (Å²) in [5, 5.41) is 6.42. The fraction of sp³-hybridized carbons (Fsp3) is 0.438. The van der Waals surface area contributed by atoms with Gasteiger partial charge in [-0.1, -0.05) is 6.92 Å². The minimum Gasteiger partial charge on any atom is -0.367 e. The third kappa shape index (κ3) is 4.46. The SMILES string of the molecule is CCC(C)Nc1c(C(C)=O)c(C(F)(F)F)nn1-c1ccc(S(C)(=O)=O)cn1. The van der Waals surface area contributed by atoms with E-state index in [1.165, 1.54) is 12.1 Å². The molecule has 2 rings (SSSR count). The average Bonchev–Trinajstić information content (AvgIpc) is 2.93. The molecule has 2 heterocycles. The lowest BCUT2D eigenvalue weighted by molar-refractivity contribution is -0.141. The number of carbonyl (C=O) groups excluding carboxylic acids is 1. The molecule has 0 spiro atoms. The Morgan fingerprint density at radius 2 is 1.96 bits per heavy atom. The van der Waals surface area contributed by atoms with Crippen LogP contribution in [0.3, 0.4) is 0 Å². The summed E-state index contributed by atoms with van der Waals surface area (Å²) in [7, 11) is -3.52. The summed E-state index contributed by atoms with van der Waals surface area (Å²) >= 11 is 0. The summed E-state index contributed by atoms with van der Waals surface area (Å²) in [5.41, 5.74) is -1.91. The monoisotopic (exact) mass is 404 g/mol. The molecule has 0 saturated heterocycles. The minimum atomic E-state index is -4.84. The van der Waals surface area contributed by atoms with Crippen LogP contribution in [0.15, 0.2) is 23.2 Å². The van der Waals surface area contributed by atoms with Crippen molar-refractivity contribution in [2.24, 2.45) is 0 Å². The molecule has 0 saturated carbocycles. The lowest BCUT2D eigenvalue weighted by atomic mass is 10.1. The second-order valence-corrected chi connectivity index (χ2v) is 8.13. The van der Waals surface area contributed by atoms with E-state index in [2.05, 4.69) is 15.4 Å². The first-order valence-corrected chi connectivity index (χ1v) is 9.89. The third-order valence-corrected chi connectivity index (χ3v) is 4.97. The molecule has 0 fully saturated rings. The Kier molecular flexibility index (Phi) is 5.64. The van der Waals surface area contributed by atoms with Crippen LogP contribution in [0.25, 0.3) is 5.82 Å². The Labute approximate surface area is 154 Å². The number of alkyl halides is 3. The van der Waals surface area contributed by atoms with E-state index in [0.717, 1.165) is 24.1 Å². The van der Waals surface area contributed by atoms with E-state index in [4.69, 9.17) is 0 Å². The van der Waals surface area contributed by atoms with E-state index in [1.54, 1.807) is 6.92 Å². The second-order valence-electron chi connectivity index (χ2n) is 6.12. The molecule has 0 radical (unpaired) electrons.